The fourth-order valence-corrected chi connectivity index (χ4v) is 6.11. The smallest absolute Gasteiger partial charge is 0.338 e. The lowest BCUT2D eigenvalue weighted by atomic mass is 10.1. The Balaban J connectivity index is 1.25. The number of pyridine rings is 1. The van der Waals surface area contributed by atoms with Crippen LogP contribution >= 0.6 is 0 Å². The van der Waals surface area contributed by atoms with Crippen molar-refractivity contribution < 1.29 is 22.4 Å². The van der Waals surface area contributed by atoms with E-state index in [-0.39, 0.29) is 57.6 Å². The second-order valence-corrected chi connectivity index (χ2v) is 12.7. The van der Waals surface area contributed by atoms with Gasteiger partial charge in [0.15, 0.2) is 0 Å². The third-order valence-electron chi connectivity index (χ3n) is 8.87. The molecule has 266 valence electrons. The van der Waals surface area contributed by atoms with Crippen LogP contribution in [0, 0.1) is 19.7 Å². The molecule has 3 aromatic heterocycles. The second kappa shape index (κ2) is 12.8. The van der Waals surface area contributed by atoms with Gasteiger partial charge in [0, 0.05) is 29.9 Å². The van der Waals surface area contributed by atoms with Gasteiger partial charge in [0.05, 0.1) is 28.7 Å². The van der Waals surface area contributed by atoms with Crippen LogP contribution in [-0.4, -0.2) is 34.6 Å². The fourth-order valence-electron chi connectivity index (χ4n) is 6.11. The fraction of sp³-hybridized carbons (Fsp3) is 0.222. The lowest BCUT2D eigenvalue weighted by molar-refractivity contribution is -0.137. The zero-order valence-electron chi connectivity index (χ0n) is 28.0. The highest BCUT2D eigenvalue weighted by Crippen LogP contribution is 2.34. The Bertz CT molecular complexity index is 2580. The molecule has 12 nitrogen and oxygen atoms in total. The number of nitrogens with zero attached hydrogens (tertiary/aromatic N) is 6. The van der Waals surface area contributed by atoms with E-state index in [1.165, 1.54) is 64.3 Å². The number of fused-ring (bicyclic) bond motifs is 1. The average Bonchev–Trinajstić information content (AvgIpc) is 3.82. The van der Waals surface area contributed by atoms with E-state index in [4.69, 9.17) is 0 Å². The van der Waals surface area contributed by atoms with E-state index in [1.54, 1.807) is 31.2 Å². The molecule has 16 heteroatoms. The summed E-state index contributed by atoms with van der Waals surface area (Å²) in [6, 6.07) is 14.8. The van der Waals surface area contributed by atoms with Crippen molar-refractivity contribution >= 4 is 34.0 Å². The largest absolute Gasteiger partial charge is 0.416 e. The van der Waals surface area contributed by atoms with E-state index in [9.17, 15) is 32.3 Å². The van der Waals surface area contributed by atoms with Crippen molar-refractivity contribution in [1.29, 1.82) is 0 Å². The van der Waals surface area contributed by atoms with Crippen molar-refractivity contribution in [2.45, 2.75) is 45.5 Å². The van der Waals surface area contributed by atoms with E-state index in [0.717, 1.165) is 16.7 Å². The normalized spacial score (nSPS) is 13.1. The summed E-state index contributed by atoms with van der Waals surface area (Å²) in [6.45, 7) is 2.93. The molecule has 1 aliphatic carbocycles. The van der Waals surface area contributed by atoms with E-state index in [0.29, 0.717) is 24.0 Å². The molecule has 1 amide bonds. The Morgan fingerprint density at radius 2 is 1.69 bits per heavy atom. The highest BCUT2D eigenvalue weighted by Gasteiger charge is 2.32. The second-order valence-electron chi connectivity index (χ2n) is 12.7. The maximum absolute atomic E-state index is 15.0. The quantitative estimate of drug-likeness (QED) is 0.196. The van der Waals surface area contributed by atoms with Gasteiger partial charge in [0.25, 0.3) is 11.1 Å². The first-order valence-corrected chi connectivity index (χ1v) is 16.1. The van der Waals surface area contributed by atoms with Gasteiger partial charge in [-0.1, -0.05) is 29.5 Å². The third-order valence-corrected chi connectivity index (χ3v) is 8.87. The first kappa shape index (κ1) is 34.1. The molecule has 0 unspecified atom stereocenters. The number of halogens is 4. The predicted molar refractivity (Wildman–Crippen MR) is 186 cm³/mol. The summed E-state index contributed by atoms with van der Waals surface area (Å²) in [4.78, 5) is 54.9. The standard InChI is InChI=1S/C36H30F4N8O4/c1-19-7-14-27(26(37)15-19)42-32-30-31(20(2)33(50)45(32)3)47(35(52)48(34(30)51)24-12-13-24)25-6-4-5-23(16-25)41-29(49)18-46-17-28(43-44-46)21-8-10-22(11-9-21)36(38,39)40/h4-11,14-17,24,42H,12-13,18H2,1-3H3,(H,41,49). The lowest BCUT2D eigenvalue weighted by Gasteiger charge is -2.21. The molecule has 3 aromatic carbocycles. The maximum atomic E-state index is 15.0. The molecular formula is C36H30F4N8O4. The molecule has 2 N–H and O–H groups in total. The minimum atomic E-state index is -4.48. The van der Waals surface area contributed by atoms with E-state index < -0.39 is 40.3 Å². The highest BCUT2D eigenvalue weighted by molar-refractivity contribution is 5.94. The van der Waals surface area contributed by atoms with E-state index >= 15 is 4.39 Å². The van der Waals surface area contributed by atoms with Gasteiger partial charge in [-0.25, -0.2) is 13.9 Å². The number of nitrogens with one attached hydrogen (secondary N) is 2. The zero-order chi connectivity index (χ0) is 37.1. The topological polar surface area (TPSA) is 138 Å². The Morgan fingerprint density at radius 3 is 2.37 bits per heavy atom. The molecule has 0 spiro atoms. The number of aromatic nitrogens is 6. The number of alkyl halides is 3. The van der Waals surface area contributed by atoms with Gasteiger partial charge in [0.1, 0.15) is 29.3 Å². The molecule has 6 aromatic rings. The third kappa shape index (κ3) is 6.27. The molecule has 0 saturated heterocycles. The minimum absolute atomic E-state index is 0.00876. The first-order chi connectivity index (χ1) is 24.7. The summed E-state index contributed by atoms with van der Waals surface area (Å²) in [6.07, 6.45) is -1.87. The van der Waals surface area contributed by atoms with Gasteiger partial charge in [-0.05, 0) is 74.7 Å². The Labute approximate surface area is 291 Å². The molecule has 0 bridgehead atoms. The summed E-state index contributed by atoms with van der Waals surface area (Å²) in [5, 5.41) is 13.6. The van der Waals surface area contributed by atoms with Crippen LogP contribution in [0.1, 0.15) is 35.6 Å². The first-order valence-electron chi connectivity index (χ1n) is 16.1. The summed E-state index contributed by atoms with van der Waals surface area (Å²) in [7, 11) is 1.46. The number of hydrogen-bond acceptors (Lipinski definition) is 7. The summed E-state index contributed by atoms with van der Waals surface area (Å²) >= 11 is 0. The zero-order valence-corrected chi connectivity index (χ0v) is 28.0. The minimum Gasteiger partial charge on any atom is -0.338 e. The molecule has 1 aliphatic rings. The van der Waals surface area contributed by atoms with E-state index in [2.05, 4.69) is 20.9 Å². The van der Waals surface area contributed by atoms with Crippen LogP contribution in [0.2, 0.25) is 0 Å². The van der Waals surface area contributed by atoms with Crippen LogP contribution in [0.4, 0.5) is 34.8 Å². The van der Waals surface area contributed by atoms with Crippen molar-refractivity contribution in [3.05, 3.63) is 127 Å². The van der Waals surface area contributed by atoms with Crippen LogP contribution in [0.25, 0.3) is 27.8 Å². The Hall–Kier alpha value is -6.32. The lowest BCUT2D eigenvalue weighted by Crippen LogP contribution is -2.41. The number of anilines is 3. The molecule has 0 atom stereocenters. The van der Waals surface area contributed by atoms with Crippen molar-refractivity contribution in [2.75, 3.05) is 10.6 Å². The summed E-state index contributed by atoms with van der Waals surface area (Å²) in [5.74, 6) is -1.12. The average molecular weight is 715 g/mol. The molecule has 7 rings (SSSR count). The van der Waals surface area contributed by atoms with Crippen LogP contribution in [0.15, 0.2) is 87.3 Å². The van der Waals surface area contributed by atoms with Crippen molar-refractivity contribution in [1.82, 2.24) is 28.7 Å². The van der Waals surface area contributed by atoms with Crippen molar-refractivity contribution in [3.63, 3.8) is 0 Å². The summed E-state index contributed by atoms with van der Waals surface area (Å²) in [5.41, 5.74) is -0.617. The van der Waals surface area contributed by atoms with Crippen LogP contribution in [0.5, 0.6) is 0 Å². The van der Waals surface area contributed by atoms with Crippen molar-refractivity contribution in [2.24, 2.45) is 7.05 Å². The van der Waals surface area contributed by atoms with Gasteiger partial charge in [0.2, 0.25) is 5.91 Å². The van der Waals surface area contributed by atoms with Gasteiger partial charge in [-0.15, -0.1) is 5.10 Å². The molecule has 52 heavy (non-hydrogen) atoms. The van der Waals surface area contributed by atoms with Gasteiger partial charge < -0.3 is 10.6 Å². The van der Waals surface area contributed by atoms with Gasteiger partial charge in [-0.3, -0.25) is 28.1 Å². The van der Waals surface area contributed by atoms with Crippen LogP contribution in [0.3, 0.4) is 0 Å². The van der Waals surface area contributed by atoms with Gasteiger partial charge in [-0.2, -0.15) is 13.2 Å². The molecule has 3 heterocycles. The van der Waals surface area contributed by atoms with Gasteiger partial charge >= 0.3 is 11.9 Å². The highest BCUT2D eigenvalue weighted by atomic mass is 19.4. The molecule has 0 aliphatic heterocycles. The molecular weight excluding hydrogens is 684 g/mol. The Morgan fingerprint density at radius 1 is 0.962 bits per heavy atom. The number of carbonyl (C=O) groups is 1. The number of rotatable bonds is 8. The maximum Gasteiger partial charge on any atom is 0.416 e. The Kier molecular flexibility index (Phi) is 8.39. The predicted octanol–water partition coefficient (Wildman–Crippen LogP) is 5.60. The van der Waals surface area contributed by atoms with Crippen LogP contribution in [-0.2, 0) is 24.6 Å². The monoisotopic (exact) mass is 714 g/mol. The number of hydrogen-bond donors (Lipinski definition) is 2. The van der Waals surface area contributed by atoms with Crippen molar-refractivity contribution in [3.8, 4) is 16.9 Å². The number of carbonyl (C=O) groups excluding carboxylic acids is 1. The SMILES string of the molecule is Cc1ccc(Nc2c3c(=O)n(C4CC4)c(=O)n(-c4cccc(NC(=O)Cn5cc(-c6ccc(C(F)(F)F)cc6)nn5)c4)c3c(C)c(=O)n2C)c(F)c1. The number of aryl methyl sites for hydroxylation is 2. The molecule has 1 saturated carbocycles. The number of amides is 1. The molecule has 1 fully saturated rings. The van der Waals surface area contributed by atoms with Crippen LogP contribution < -0.4 is 27.4 Å². The summed E-state index contributed by atoms with van der Waals surface area (Å²) < 4.78 is 58.7. The number of benzene rings is 3. The molecule has 0 radical (unpaired) electrons. The van der Waals surface area contributed by atoms with E-state index in [1.807, 2.05) is 0 Å².